The summed E-state index contributed by atoms with van der Waals surface area (Å²) in [6.45, 7) is 32.7. The van der Waals surface area contributed by atoms with E-state index in [-0.39, 0.29) is 5.41 Å². The predicted octanol–water partition coefficient (Wildman–Crippen LogP) is 28.0. The molecular weight excluding hydrogens is 1430 g/mol. The summed E-state index contributed by atoms with van der Waals surface area (Å²) in [6, 6.07) is 43.1. The minimum absolute atomic E-state index is 0.139. The van der Waals surface area contributed by atoms with Crippen LogP contribution >= 0.6 is 15.9 Å². The molecule has 7 aromatic rings. The van der Waals surface area contributed by atoms with Crippen molar-refractivity contribution >= 4 is 15.9 Å². The van der Waals surface area contributed by atoms with E-state index in [1.165, 1.54) is 149 Å². The topological polar surface area (TPSA) is 162 Å². The minimum Gasteiger partial charge on any atom is -0.507 e. The Labute approximate surface area is 677 Å². The molecule has 111 heavy (non-hydrogen) atoms. The second-order valence-electron chi connectivity index (χ2n) is 38.2. The van der Waals surface area contributed by atoms with Gasteiger partial charge in [0, 0.05) is 11.1 Å². The van der Waals surface area contributed by atoms with Gasteiger partial charge in [-0.15, -0.1) is 0 Å². The lowest BCUT2D eigenvalue weighted by molar-refractivity contribution is 0.0306. The average molecular weight is 1570 g/mol. The number of phenolic OH excluding ortho intramolecular Hbond substituents is 7. The predicted molar refractivity (Wildman–Crippen MR) is 462 cm³/mol. The Morgan fingerprint density at radius 1 is 0.279 bits per heavy atom. The largest absolute Gasteiger partial charge is 0.507 e. The summed E-state index contributed by atoms with van der Waals surface area (Å²) in [5.74, 6) is 16.7. The Kier molecular flexibility index (Phi) is 27.1. The van der Waals surface area contributed by atoms with E-state index in [9.17, 15) is 40.9 Å². The summed E-state index contributed by atoms with van der Waals surface area (Å²) in [4.78, 5) is 0. The lowest BCUT2D eigenvalue weighted by Gasteiger charge is -2.26. The molecule has 11 aliphatic carbocycles. The van der Waals surface area contributed by atoms with E-state index in [2.05, 4.69) is 192 Å². The summed E-state index contributed by atoms with van der Waals surface area (Å²) in [5, 5.41) is 82.6. The minimum atomic E-state index is -0.870. The fraction of sp³-hybridized carbons (Fsp3) is 0.588. The number of halogens is 1. The summed E-state index contributed by atoms with van der Waals surface area (Å²) in [7, 11) is 0. The van der Waals surface area contributed by atoms with E-state index >= 15 is 0 Å². The highest BCUT2D eigenvalue weighted by atomic mass is 79.9. The van der Waals surface area contributed by atoms with Crippen molar-refractivity contribution < 1.29 is 40.9 Å². The fourth-order valence-corrected chi connectivity index (χ4v) is 18.5. The number of phenols is 7. The van der Waals surface area contributed by atoms with E-state index < -0.39 is 5.60 Å². The third kappa shape index (κ3) is 21.2. The van der Waals surface area contributed by atoms with Crippen molar-refractivity contribution in [3.63, 3.8) is 0 Å². The van der Waals surface area contributed by atoms with Crippen molar-refractivity contribution in [2.45, 2.75) is 321 Å². The molecule has 602 valence electrons. The van der Waals surface area contributed by atoms with E-state index in [1.54, 1.807) is 0 Å². The van der Waals surface area contributed by atoms with Crippen LogP contribution in [0, 0.1) is 59.2 Å². The molecule has 0 spiro atoms. The average Bonchev–Trinajstić information content (AvgIpc) is 1.59. The molecule has 11 aliphatic rings. The molecule has 11 fully saturated rings. The smallest absolute Gasteiger partial charge is 0.133 e. The molecule has 8 nitrogen and oxygen atoms in total. The first-order valence-corrected chi connectivity index (χ1v) is 44.8. The first kappa shape index (κ1) is 84.0. The molecule has 0 heterocycles. The number of rotatable bonds is 23. The van der Waals surface area contributed by atoms with Gasteiger partial charge in [0.2, 0.25) is 0 Å². The van der Waals surface area contributed by atoms with Crippen molar-refractivity contribution in [2.75, 3.05) is 0 Å². The molecule has 0 aromatic heterocycles. The van der Waals surface area contributed by atoms with Crippen LogP contribution in [0.25, 0.3) is 0 Å². The number of hydrogen-bond donors (Lipinski definition) is 8. The van der Waals surface area contributed by atoms with Crippen LogP contribution in [0.3, 0.4) is 0 Å². The standard InChI is InChI=1S/3C16H22O.C15H20O2.2C14H20O.C11H13BrO/c3*1-10(12-6-7-12)14-4-3-5-15(16(14)17)11(2)13-8-9-13;1-14(8-9-14)11-4-3-5-12(13(11)16)15(2,17)10-6-7-10;2*1-9(2)12-5-4-6-13(14(12)15)10(3)11-7-8-11;1-7(8-5-6-8)9-3-2-4-10(12)11(9)13/h3*3-5,10-13,17H,6-9H2,1-2H3;3-5,10,16-17H,6-9H2,1-2H3;2*4-6,9-11,15H,7-8H2,1-3H3;2-4,7-8,13H,5-6H2,1H3/t10-,11+;2*10-,11-;;2*10-;7-/m.10.100/s1. The van der Waals surface area contributed by atoms with Gasteiger partial charge in [-0.25, -0.2) is 0 Å². The van der Waals surface area contributed by atoms with Gasteiger partial charge < -0.3 is 40.9 Å². The number of para-hydroxylation sites is 7. The monoisotopic (exact) mass is 1570 g/mol. The van der Waals surface area contributed by atoms with Gasteiger partial charge in [-0.05, 0) is 361 Å². The Hall–Kier alpha value is -6.42. The maximum atomic E-state index is 10.6. The summed E-state index contributed by atoms with van der Waals surface area (Å²) < 4.78 is 0.803. The molecule has 0 radical (unpaired) electrons. The lowest BCUT2D eigenvalue weighted by Crippen LogP contribution is -2.24. The second-order valence-corrected chi connectivity index (χ2v) is 39.1. The molecule has 9 heteroatoms. The second kappa shape index (κ2) is 35.8. The third-order valence-electron chi connectivity index (χ3n) is 28.7. The maximum Gasteiger partial charge on any atom is 0.133 e. The van der Waals surface area contributed by atoms with Crippen molar-refractivity contribution in [1.29, 1.82) is 0 Å². The zero-order valence-corrected chi connectivity index (χ0v) is 71.8. The van der Waals surface area contributed by atoms with Gasteiger partial charge in [-0.1, -0.05) is 218 Å². The van der Waals surface area contributed by atoms with Gasteiger partial charge in [0.1, 0.15) is 40.2 Å². The first-order valence-electron chi connectivity index (χ1n) is 44.0. The maximum absolute atomic E-state index is 10.6. The van der Waals surface area contributed by atoms with Gasteiger partial charge >= 0.3 is 0 Å². The third-order valence-corrected chi connectivity index (χ3v) is 29.4. The van der Waals surface area contributed by atoms with Crippen LogP contribution < -0.4 is 0 Å². The molecule has 0 bridgehead atoms. The highest BCUT2D eigenvalue weighted by Gasteiger charge is 2.47. The summed E-state index contributed by atoms with van der Waals surface area (Å²) in [5.41, 5.74) is 13.6. The van der Waals surface area contributed by atoms with Crippen LogP contribution in [-0.2, 0) is 11.0 Å². The molecule has 0 amide bonds. The molecule has 11 saturated carbocycles. The summed E-state index contributed by atoms with van der Waals surface area (Å²) in [6.07, 6.45) is 28.4. The number of hydrogen-bond acceptors (Lipinski definition) is 8. The number of aliphatic hydroxyl groups is 1. The van der Waals surface area contributed by atoms with E-state index in [0.29, 0.717) is 117 Å². The normalized spacial score (nSPS) is 21.7. The highest BCUT2D eigenvalue weighted by molar-refractivity contribution is 9.10. The quantitative estimate of drug-likeness (QED) is 0.0314. The van der Waals surface area contributed by atoms with Crippen molar-refractivity contribution in [3.8, 4) is 40.2 Å². The van der Waals surface area contributed by atoms with Crippen molar-refractivity contribution in [1.82, 2.24) is 0 Å². The van der Waals surface area contributed by atoms with Crippen LogP contribution in [0.2, 0.25) is 0 Å². The van der Waals surface area contributed by atoms with Crippen LogP contribution in [0.1, 0.15) is 383 Å². The Morgan fingerprint density at radius 2 is 0.477 bits per heavy atom. The van der Waals surface area contributed by atoms with Gasteiger partial charge in [0.25, 0.3) is 0 Å². The van der Waals surface area contributed by atoms with Crippen LogP contribution in [0.5, 0.6) is 40.2 Å². The van der Waals surface area contributed by atoms with Crippen LogP contribution in [0.15, 0.2) is 132 Å². The molecule has 10 atom stereocenters. The summed E-state index contributed by atoms with van der Waals surface area (Å²) >= 11 is 3.33. The van der Waals surface area contributed by atoms with Crippen molar-refractivity contribution in [2.24, 2.45) is 59.2 Å². The van der Waals surface area contributed by atoms with E-state index in [0.717, 1.165) is 117 Å². The van der Waals surface area contributed by atoms with Crippen LogP contribution in [0.4, 0.5) is 0 Å². The van der Waals surface area contributed by atoms with Gasteiger partial charge in [-0.3, -0.25) is 0 Å². The van der Waals surface area contributed by atoms with Gasteiger partial charge in [0.15, 0.2) is 0 Å². The molecule has 7 aromatic carbocycles. The lowest BCUT2D eigenvalue weighted by atomic mass is 9.86. The zero-order chi connectivity index (χ0) is 79.7. The van der Waals surface area contributed by atoms with E-state index in [4.69, 9.17) is 0 Å². The number of aromatic hydroxyl groups is 7. The molecule has 8 N–H and O–H groups in total. The highest BCUT2D eigenvalue weighted by Crippen LogP contribution is 2.57. The Morgan fingerprint density at radius 3 is 0.685 bits per heavy atom. The van der Waals surface area contributed by atoms with Crippen LogP contribution in [-0.4, -0.2) is 40.9 Å². The molecule has 18 rings (SSSR count). The first-order chi connectivity index (χ1) is 52.9. The fourth-order valence-electron chi connectivity index (χ4n) is 18.1. The van der Waals surface area contributed by atoms with Crippen molar-refractivity contribution in [3.05, 3.63) is 204 Å². The molecule has 0 aliphatic heterocycles. The molecular formula is C102H139BrO8. The van der Waals surface area contributed by atoms with E-state index in [1.807, 2.05) is 55.5 Å². The molecule has 0 saturated heterocycles. The zero-order valence-electron chi connectivity index (χ0n) is 70.3. The van der Waals surface area contributed by atoms with Gasteiger partial charge in [0.05, 0.1) is 10.1 Å². The Bertz CT molecular complexity index is 3860. The SMILES string of the molecule is CC(C)c1cccc([C@@H](C)C2CC2)c1O.CC(C)c1cccc([C@H](C)C2CC2)c1O.CC1(c2cccc(C(C)(O)C3CC3)c2O)CC1.C[C@@H](c1cccc([C@H](C)C2CC2)c1O)C1CC1.C[C@H](c1cccc(Br)c1O)C1CC1.C[C@H](c1cccc([C@@H](C)C2CC2)c1O)C1CC1.C[C@H](c1cccc([C@H](C)C2CC2)c1O)C1CC1. The molecule has 1 unspecified atom stereocenters. The number of benzene rings is 7. The Balaban J connectivity index is 0.000000121. The van der Waals surface area contributed by atoms with Gasteiger partial charge in [-0.2, -0.15) is 0 Å².